The molecule has 1 aliphatic heterocycles. The van der Waals surface area contributed by atoms with E-state index >= 15 is 0 Å². The van der Waals surface area contributed by atoms with E-state index in [1.807, 2.05) is 17.0 Å². The maximum atomic E-state index is 12.3. The van der Waals surface area contributed by atoms with Crippen LogP contribution in [0.25, 0.3) is 0 Å². The molecule has 1 atom stereocenters. The van der Waals surface area contributed by atoms with Gasteiger partial charge in [0.1, 0.15) is 0 Å². The zero-order valence-electron chi connectivity index (χ0n) is 11.5. The number of nitrogens with two attached hydrogens (primary N) is 1. The van der Waals surface area contributed by atoms with Crippen molar-refractivity contribution in [2.75, 3.05) is 6.54 Å². The first-order valence-electron chi connectivity index (χ1n) is 6.72. The van der Waals surface area contributed by atoms with Crippen LogP contribution in [0.5, 0.6) is 0 Å². The summed E-state index contributed by atoms with van der Waals surface area (Å²) in [4.78, 5) is 14.3. The van der Waals surface area contributed by atoms with Crippen LogP contribution < -0.4 is 5.73 Å². The molecule has 1 unspecified atom stereocenters. The van der Waals surface area contributed by atoms with Crippen molar-refractivity contribution in [3.05, 3.63) is 34.3 Å². The van der Waals surface area contributed by atoms with Gasteiger partial charge < -0.3 is 10.6 Å². The van der Waals surface area contributed by atoms with Gasteiger partial charge in [-0.05, 0) is 44.4 Å². The molecule has 1 fully saturated rings. The molecule has 1 saturated heterocycles. The Labute approximate surface area is 123 Å². The lowest BCUT2D eigenvalue weighted by Crippen LogP contribution is -2.51. The number of nitrogens with zero attached hydrogens (tertiary/aromatic N) is 1. The number of amides is 1. The highest BCUT2D eigenvalue weighted by Gasteiger charge is 2.41. The number of carbonyl (C=O) groups excluding carboxylic acids is 1. The fourth-order valence-electron chi connectivity index (χ4n) is 2.63. The summed E-state index contributed by atoms with van der Waals surface area (Å²) in [5, 5.41) is 0. The van der Waals surface area contributed by atoms with Gasteiger partial charge in [0.2, 0.25) is 5.91 Å². The standard InChI is InChI=1S/C15H21BrN2O/c1-15(2)13(17)8-9-18(15)14(19)7-6-11-4-3-5-12(16)10-11/h3-5,10,13H,6-9,17H2,1-2H3. The Morgan fingerprint density at radius 3 is 2.84 bits per heavy atom. The number of halogens is 1. The summed E-state index contributed by atoms with van der Waals surface area (Å²) in [6.07, 6.45) is 2.22. The Bertz CT molecular complexity index is 473. The van der Waals surface area contributed by atoms with Crippen LogP contribution in [-0.4, -0.2) is 28.9 Å². The summed E-state index contributed by atoms with van der Waals surface area (Å²) in [5.74, 6) is 0.206. The first kappa shape index (κ1) is 14.5. The highest BCUT2D eigenvalue weighted by molar-refractivity contribution is 9.10. The van der Waals surface area contributed by atoms with Crippen molar-refractivity contribution in [1.82, 2.24) is 4.90 Å². The van der Waals surface area contributed by atoms with Crippen LogP contribution in [0.3, 0.4) is 0 Å². The minimum absolute atomic E-state index is 0.0855. The van der Waals surface area contributed by atoms with Gasteiger partial charge in [-0.1, -0.05) is 28.1 Å². The Hall–Kier alpha value is -0.870. The molecule has 3 nitrogen and oxygen atoms in total. The Kier molecular flexibility index (Phi) is 4.31. The number of hydrogen-bond donors (Lipinski definition) is 1. The zero-order chi connectivity index (χ0) is 14.0. The maximum Gasteiger partial charge on any atom is 0.223 e. The lowest BCUT2D eigenvalue weighted by Gasteiger charge is -2.34. The van der Waals surface area contributed by atoms with E-state index in [0.29, 0.717) is 6.42 Å². The second-order valence-corrected chi connectivity index (χ2v) is 6.64. The van der Waals surface area contributed by atoms with Crippen LogP contribution in [0.4, 0.5) is 0 Å². The van der Waals surface area contributed by atoms with Crippen molar-refractivity contribution in [2.24, 2.45) is 5.73 Å². The lowest BCUT2D eigenvalue weighted by molar-refractivity contribution is -0.134. The molecular formula is C15H21BrN2O. The summed E-state index contributed by atoms with van der Waals surface area (Å²) in [6, 6.07) is 8.20. The predicted octanol–water partition coefficient (Wildman–Crippen LogP) is 2.72. The molecule has 4 heteroatoms. The number of carbonyl (C=O) groups is 1. The van der Waals surface area contributed by atoms with E-state index in [1.165, 1.54) is 5.56 Å². The average molecular weight is 325 g/mol. The molecule has 2 N–H and O–H groups in total. The van der Waals surface area contributed by atoms with Crippen LogP contribution in [-0.2, 0) is 11.2 Å². The molecule has 0 radical (unpaired) electrons. The van der Waals surface area contributed by atoms with Crippen LogP contribution in [0.2, 0.25) is 0 Å². The molecule has 0 saturated carbocycles. The van der Waals surface area contributed by atoms with Crippen LogP contribution in [0.1, 0.15) is 32.3 Å². The summed E-state index contributed by atoms with van der Waals surface area (Å²) in [6.45, 7) is 4.90. The van der Waals surface area contributed by atoms with Crippen LogP contribution >= 0.6 is 15.9 Å². The minimum atomic E-state index is -0.214. The Morgan fingerprint density at radius 1 is 1.53 bits per heavy atom. The van der Waals surface area contributed by atoms with Crippen LogP contribution in [0, 0.1) is 0 Å². The fourth-order valence-corrected chi connectivity index (χ4v) is 3.08. The highest BCUT2D eigenvalue weighted by Crippen LogP contribution is 2.28. The van der Waals surface area contributed by atoms with E-state index in [0.717, 1.165) is 23.9 Å². The molecular weight excluding hydrogens is 304 g/mol. The Balaban J connectivity index is 1.95. The maximum absolute atomic E-state index is 12.3. The third-order valence-electron chi connectivity index (χ3n) is 4.08. The lowest BCUT2D eigenvalue weighted by atomic mass is 9.96. The summed E-state index contributed by atoms with van der Waals surface area (Å²) in [5.41, 5.74) is 7.04. The van der Waals surface area contributed by atoms with Gasteiger partial charge >= 0.3 is 0 Å². The number of rotatable bonds is 3. The number of aryl methyl sites for hydroxylation is 1. The summed E-state index contributed by atoms with van der Waals surface area (Å²) < 4.78 is 1.06. The molecule has 0 aromatic heterocycles. The van der Waals surface area contributed by atoms with Gasteiger partial charge in [0, 0.05) is 23.5 Å². The SMILES string of the molecule is CC1(C)C(N)CCN1C(=O)CCc1cccc(Br)c1. The van der Waals surface area contributed by atoms with Crippen molar-refractivity contribution in [3.63, 3.8) is 0 Å². The van der Waals surface area contributed by atoms with Crippen molar-refractivity contribution < 1.29 is 4.79 Å². The first-order chi connectivity index (χ1) is 8.91. The molecule has 0 bridgehead atoms. The van der Waals surface area contributed by atoms with Gasteiger partial charge in [0.05, 0.1) is 5.54 Å². The van der Waals surface area contributed by atoms with Gasteiger partial charge in [-0.25, -0.2) is 0 Å². The van der Waals surface area contributed by atoms with Crippen molar-refractivity contribution in [1.29, 1.82) is 0 Å². The molecule has 2 rings (SSSR count). The van der Waals surface area contributed by atoms with E-state index in [1.54, 1.807) is 0 Å². The van der Waals surface area contributed by atoms with E-state index in [2.05, 4.69) is 41.9 Å². The quantitative estimate of drug-likeness (QED) is 0.929. The predicted molar refractivity (Wildman–Crippen MR) is 80.8 cm³/mol. The number of benzene rings is 1. The van der Waals surface area contributed by atoms with Gasteiger partial charge in [0.25, 0.3) is 0 Å². The third kappa shape index (κ3) is 3.18. The summed E-state index contributed by atoms with van der Waals surface area (Å²) in [7, 11) is 0. The number of hydrogen-bond acceptors (Lipinski definition) is 2. The normalized spacial score (nSPS) is 21.7. The van der Waals surface area contributed by atoms with E-state index in [-0.39, 0.29) is 17.5 Å². The average Bonchev–Trinajstić information content (AvgIpc) is 2.61. The molecule has 1 heterocycles. The molecule has 19 heavy (non-hydrogen) atoms. The van der Waals surface area contributed by atoms with E-state index < -0.39 is 0 Å². The van der Waals surface area contributed by atoms with Crippen molar-refractivity contribution in [2.45, 2.75) is 44.7 Å². The van der Waals surface area contributed by atoms with Crippen molar-refractivity contribution >= 4 is 21.8 Å². The zero-order valence-corrected chi connectivity index (χ0v) is 13.1. The van der Waals surface area contributed by atoms with Gasteiger partial charge in [-0.3, -0.25) is 4.79 Å². The van der Waals surface area contributed by atoms with Gasteiger partial charge in [-0.2, -0.15) is 0 Å². The van der Waals surface area contributed by atoms with Gasteiger partial charge in [-0.15, -0.1) is 0 Å². The Morgan fingerprint density at radius 2 is 2.26 bits per heavy atom. The summed E-state index contributed by atoms with van der Waals surface area (Å²) >= 11 is 3.45. The third-order valence-corrected chi connectivity index (χ3v) is 4.58. The largest absolute Gasteiger partial charge is 0.336 e. The first-order valence-corrected chi connectivity index (χ1v) is 7.51. The van der Waals surface area contributed by atoms with Crippen LogP contribution in [0.15, 0.2) is 28.7 Å². The topological polar surface area (TPSA) is 46.3 Å². The second kappa shape index (κ2) is 5.63. The number of likely N-dealkylation sites (tertiary alicyclic amines) is 1. The van der Waals surface area contributed by atoms with Gasteiger partial charge in [0.15, 0.2) is 0 Å². The fraction of sp³-hybridized carbons (Fsp3) is 0.533. The molecule has 1 aromatic carbocycles. The van der Waals surface area contributed by atoms with E-state index in [4.69, 9.17) is 5.73 Å². The molecule has 104 valence electrons. The molecule has 1 aromatic rings. The van der Waals surface area contributed by atoms with Crippen molar-refractivity contribution in [3.8, 4) is 0 Å². The molecule has 1 amide bonds. The molecule has 0 aliphatic carbocycles. The molecule has 1 aliphatic rings. The minimum Gasteiger partial charge on any atom is -0.336 e. The second-order valence-electron chi connectivity index (χ2n) is 5.72. The highest BCUT2D eigenvalue weighted by atomic mass is 79.9. The smallest absolute Gasteiger partial charge is 0.223 e. The monoisotopic (exact) mass is 324 g/mol. The molecule has 0 spiro atoms. The van der Waals surface area contributed by atoms with E-state index in [9.17, 15) is 4.79 Å².